The van der Waals surface area contributed by atoms with Crippen molar-refractivity contribution in [3.05, 3.63) is 136 Å². The first-order chi connectivity index (χ1) is 26.4. The van der Waals surface area contributed by atoms with Crippen LogP contribution < -0.4 is 0 Å². The molecule has 6 heteroatoms. The molecule has 0 unspecified atom stereocenters. The maximum absolute atomic E-state index is 6.63. The molecular weight excluding hydrogens is 895 g/mol. The Bertz CT molecular complexity index is 2660. The Morgan fingerprint density at radius 1 is 0.702 bits per heavy atom. The Kier molecular flexibility index (Phi) is 11.9. The molecule has 8 rings (SSSR count). The molecule has 8 aromatic rings. The van der Waals surface area contributed by atoms with E-state index in [1.54, 1.807) is 11.3 Å². The molecule has 4 nitrogen and oxygen atoms in total. The van der Waals surface area contributed by atoms with Crippen LogP contribution in [0.4, 0.5) is 0 Å². The fourth-order valence-corrected chi connectivity index (χ4v) is 8.34. The molecule has 0 atom stereocenters. The molecule has 57 heavy (non-hydrogen) atoms. The second kappa shape index (κ2) is 16.0. The van der Waals surface area contributed by atoms with Crippen molar-refractivity contribution in [2.45, 2.75) is 100 Å². The van der Waals surface area contributed by atoms with Gasteiger partial charge in [0.1, 0.15) is 11.1 Å². The van der Waals surface area contributed by atoms with E-state index in [1.807, 2.05) is 24.5 Å². The zero-order chi connectivity index (χ0) is 40.2. The van der Waals surface area contributed by atoms with E-state index in [-0.39, 0.29) is 30.9 Å². The second-order valence-corrected chi connectivity index (χ2v) is 19.5. The molecule has 0 spiro atoms. The van der Waals surface area contributed by atoms with Crippen molar-refractivity contribution in [2.75, 3.05) is 0 Å². The van der Waals surface area contributed by atoms with Crippen LogP contribution in [-0.2, 0) is 37.4 Å². The van der Waals surface area contributed by atoms with Gasteiger partial charge in [0.05, 0.1) is 15.3 Å². The summed E-state index contributed by atoms with van der Waals surface area (Å²) in [5.41, 5.74) is 15.4. The summed E-state index contributed by atoms with van der Waals surface area (Å²) in [6.45, 7) is 26.6. The molecule has 4 aromatic heterocycles. The fraction of sp³-hybridized carbons (Fsp3) is 0.314. The number of aryl methyl sites for hydroxylation is 3. The SMILES string of the molecule is Cc1c[c-]c(-c2ccc(CC(C)(C)C)cn2)cc1.Cc1cccc(C)c1-c1cnc(-c2[c-]ccc3c2oc2c3ccc3sc(C(C)(C)C)nc32)cc1C(C)(C)C.[Ir]. The molecule has 295 valence electrons. The molecule has 4 aromatic carbocycles. The molecule has 0 saturated heterocycles. The maximum atomic E-state index is 6.63. The van der Waals surface area contributed by atoms with Gasteiger partial charge in [0.2, 0.25) is 0 Å². The number of fused-ring (bicyclic) bond motifs is 5. The predicted molar refractivity (Wildman–Crippen MR) is 238 cm³/mol. The van der Waals surface area contributed by atoms with Crippen LogP contribution in [0.2, 0.25) is 0 Å². The summed E-state index contributed by atoms with van der Waals surface area (Å²) in [5, 5.41) is 3.27. The molecule has 0 aliphatic heterocycles. The molecule has 4 heterocycles. The smallest absolute Gasteiger partial charge is 0.148 e. The van der Waals surface area contributed by atoms with Crippen molar-refractivity contribution in [1.82, 2.24) is 15.0 Å². The maximum Gasteiger partial charge on any atom is 0.148 e. The number of rotatable bonds is 4. The van der Waals surface area contributed by atoms with Crippen molar-refractivity contribution >= 4 is 43.5 Å². The standard InChI is InChI=1S/C34H33N2OS.C17H20N.Ir/c1-19-11-9-12-20(2)28(19)24-18-35-26(17-25(24)33(3,4)5)23-14-10-13-21-22-15-16-27-29(31(22)37-30(21)23)36-32(38-27)34(6,7)8;1-13-5-8-15(9-6-13)16-10-7-14(12-18-16)11-17(2,3)4;/h9-13,15-18H,1-8H3;5-8,10,12H,11H2,1-4H3;/q2*-1;. The zero-order valence-electron chi connectivity index (χ0n) is 35.4. The van der Waals surface area contributed by atoms with E-state index in [2.05, 4.69) is 167 Å². The Morgan fingerprint density at radius 2 is 1.40 bits per heavy atom. The van der Waals surface area contributed by atoms with Crippen LogP contribution in [0.1, 0.15) is 95.1 Å². The average Bonchev–Trinajstić information content (AvgIpc) is 3.74. The van der Waals surface area contributed by atoms with E-state index < -0.39 is 0 Å². The van der Waals surface area contributed by atoms with Gasteiger partial charge in [-0.25, -0.2) is 4.98 Å². The molecule has 0 fully saturated rings. The summed E-state index contributed by atoms with van der Waals surface area (Å²) in [6, 6.07) is 34.2. The van der Waals surface area contributed by atoms with Crippen molar-refractivity contribution in [2.24, 2.45) is 5.41 Å². The molecule has 0 aliphatic rings. The summed E-state index contributed by atoms with van der Waals surface area (Å²) in [7, 11) is 0. The van der Waals surface area contributed by atoms with Crippen molar-refractivity contribution in [3.8, 4) is 33.6 Å². The van der Waals surface area contributed by atoms with E-state index in [1.165, 1.54) is 38.9 Å². The normalized spacial score (nSPS) is 12.1. The summed E-state index contributed by atoms with van der Waals surface area (Å²) in [5.74, 6) is 0. The van der Waals surface area contributed by atoms with Gasteiger partial charge in [0.25, 0.3) is 0 Å². The third kappa shape index (κ3) is 8.99. The first kappa shape index (κ1) is 42.1. The molecule has 0 N–H and O–H groups in total. The van der Waals surface area contributed by atoms with Crippen molar-refractivity contribution in [1.29, 1.82) is 0 Å². The molecule has 0 amide bonds. The van der Waals surface area contributed by atoms with Gasteiger partial charge in [-0.05, 0) is 76.4 Å². The number of aromatic nitrogens is 3. The topological polar surface area (TPSA) is 51.8 Å². The van der Waals surface area contributed by atoms with Crippen molar-refractivity contribution in [3.63, 3.8) is 0 Å². The van der Waals surface area contributed by atoms with Gasteiger partial charge in [-0.1, -0.05) is 123 Å². The average molecular weight is 948 g/mol. The number of nitrogens with zero attached hydrogens (tertiary/aromatic N) is 3. The number of furan rings is 1. The van der Waals surface area contributed by atoms with Gasteiger partial charge in [-0.15, -0.1) is 64.9 Å². The van der Waals surface area contributed by atoms with Crippen LogP contribution in [-0.4, -0.2) is 15.0 Å². The Morgan fingerprint density at radius 3 is 2.02 bits per heavy atom. The van der Waals surface area contributed by atoms with Crippen molar-refractivity contribution < 1.29 is 24.5 Å². The van der Waals surface area contributed by atoms with Gasteiger partial charge in [0.15, 0.2) is 0 Å². The Hall–Kier alpha value is -4.48. The number of hydrogen-bond acceptors (Lipinski definition) is 5. The summed E-state index contributed by atoms with van der Waals surface area (Å²) in [4.78, 5) is 14.5. The van der Waals surface area contributed by atoms with Gasteiger partial charge >= 0.3 is 0 Å². The van der Waals surface area contributed by atoms with Gasteiger partial charge in [0, 0.05) is 48.9 Å². The van der Waals surface area contributed by atoms with Crippen LogP contribution in [0.25, 0.3) is 65.8 Å². The largest absolute Gasteiger partial charge is 0.498 e. The van der Waals surface area contributed by atoms with Gasteiger partial charge in [-0.2, -0.15) is 0 Å². The molecular formula is C51H53IrN3OS-2. The third-order valence-corrected chi connectivity index (χ3v) is 11.6. The Balaban J connectivity index is 0.000000244. The number of hydrogen-bond donors (Lipinski definition) is 0. The van der Waals surface area contributed by atoms with Crippen LogP contribution in [0.5, 0.6) is 0 Å². The third-order valence-electron chi connectivity index (χ3n) is 10.1. The Labute approximate surface area is 356 Å². The van der Waals surface area contributed by atoms with E-state index in [0.717, 1.165) is 66.1 Å². The number of thiazole rings is 1. The summed E-state index contributed by atoms with van der Waals surface area (Å²) >= 11 is 1.74. The summed E-state index contributed by atoms with van der Waals surface area (Å²) < 4.78 is 7.78. The van der Waals surface area contributed by atoms with Crippen LogP contribution >= 0.6 is 11.3 Å². The minimum Gasteiger partial charge on any atom is -0.498 e. The number of pyridine rings is 2. The summed E-state index contributed by atoms with van der Waals surface area (Å²) in [6.07, 6.45) is 5.07. The number of benzene rings is 4. The quantitative estimate of drug-likeness (QED) is 0.165. The van der Waals surface area contributed by atoms with E-state index in [4.69, 9.17) is 14.4 Å². The minimum absolute atomic E-state index is 0. The minimum atomic E-state index is -0.0698. The van der Waals surface area contributed by atoms with Gasteiger partial charge in [-0.3, -0.25) is 0 Å². The van der Waals surface area contributed by atoms with Crippen LogP contribution in [0, 0.1) is 38.3 Å². The second-order valence-electron chi connectivity index (χ2n) is 18.5. The van der Waals surface area contributed by atoms with Crippen LogP contribution in [0.15, 0.2) is 95.7 Å². The molecule has 0 aliphatic carbocycles. The predicted octanol–water partition coefficient (Wildman–Crippen LogP) is 14.4. The van der Waals surface area contributed by atoms with E-state index in [0.29, 0.717) is 5.41 Å². The fourth-order valence-electron chi connectivity index (χ4n) is 7.31. The van der Waals surface area contributed by atoms with Gasteiger partial charge < -0.3 is 14.4 Å². The monoisotopic (exact) mass is 948 g/mol. The van der Waals surface area contributed by atoms with E-state index in [9.17, 15) is 0 Å². The first-order valence-electron chi connectivity index (χ1n) is 19.6. The molecule has 1 radical (unpaired) electrons. The first-order valence-corrected chi connectivity index (χ1v) is 20.4. The molecule has 0 bridgehead atoms. The zero-order valence-corrected chi connectivity index (χ0v) is 38.6. The molecule has 0 saturated carbocycles. The van der Waals surface area contributed by atoms with Crippen LogP contribution in [0.3, 0.4) is 0 Å². The van der Waals surface area contributed by atoms with E-state index >= 15 is 0 Å².